The quantitative estimate of drug-likeness (QED) is 0.877. The molecule has 1 aromatic rings. The number of nitrogens with two attached hydrogens (primary N) is 1. The molecule has 0 aromatic heterocycles. The maximum absolute atomic E-state index is 13.3. The lowest BCUT2D eigenvalue weighted by Crippen LogP contribution is -2.30. The fourth-order valence-corrected chi connectivity index (χ4v) is 2.75. The fraction of sp³-hybridized carbons (Fsp3) is 0.500. The predicted octanol–water partition coefficient (Wildman–Crippen LogP) is 2.37. The Labute approximate surface area is 103 Å². The average Bonchev–Trinajstić information content (AvgIpc) is 2.54. The second-order valence-electron chi connectivity index (χ2n) is 4.62. The second-order valence-corrected chi connectivity index (χ2v) is 5.41. The summed E-state index contributed by atoms with van der Waals surface area (Å²) >= 11 is 3.21. The Hall–Kier alpha value is -0.450. The Morgan fingerprint density at radius 1 is 1.56 bits per heavy atom. The zero-order valence-corrected chi connectivity index (χ0v) is 10.5. The van der Waals surface area contributed by atoms with Gasteiger partial charge < -0.3 is 10.8 Å². The van der Waals surface area contributed by atoms with E-state index in [1.165, 1.54) is 6.07 Å². The molecule has 88 valence electrons. The van der Waals surface area contributed by atoms with Gasteiger partial charge in [0, 0.05) is 12.5 Å². The highest BCUT2D eigenvalue weighted by Crippen LogP contribution is 2.34. The molecule has 3 N–H and O–H groups in total. The first-order chi connectivity index (χ1) is 7.50. The van der Waals surface area contributed by atoms with Crippen LogP contribution in [0.3, 0.4) is 0 Å². The molecule has 0 spiro atoms. The molecule has 0 radical (unpaired) electrons. The third-order valence-electron chi connectivity index (χ3n) is 3.17. The Bertz CT molecular complexity index is 399. The molecular weight excluding hydrogens is 273 g/mol. The molecule has 0 saturated heterocycles. The lowest BCUT2D eigenvalue weighted by atomic mass is 9.93. The third kappa shape index (κ3) is 2.44. The van der Waals surface area contributed by atoms with E-state index in [9.17, 15) is 9.50 Å². The molecule has 0 amide bonds. The molecule has 0 heterocycles. The minimum atomic E-state index is -0.768. The summed E-state index contributed by atoms with van der Waals surface area (Å²) in [6.45, 7) is 0. The van der Waals surface area contributed by atoms with Crippen LogP contribution >= 0.6 is 15.9 Å². The van der Waals surface area contributed by atoms with Crippen molar-refractivity contribution in [3.8, 4) is 0 Å². The molecule has 1 aliphatic rings. The highest BCUT2D eigenvalue weighted by Gasteiger charge is 2.36. The summed E-state index contributed by atoms with van der Waals surface area (Å²) in [6, 6.07) is 4.96. The van der Waals surface area contributed by atoms with Gasteiger partial charge in [-0.1, -0.05) is 12.1 Å². The van der Waals surface area contributed by atoms with Crippen molar-refractivity contribution in [2.75, 3.05) is 0 Å². The molecule has 4 heteroatoms. The maximum atomic E-state index is 13.3. The molecular formula is C12H15BrFNO. The highest BCUT2D eigenvalue weighted by molar-refractivity contribution is 9.10. The van der Waals surface area contributed by atoms with Gasteiger partial charge in [0.1, 0.15) is 5.82 Å². The van der Waals surface area contributed by atoms with Crippen LogP contribution in [0, 0.1) is 5.82 Å². The molecule has 2 nitrogen and oxygen atoms in total. The minimum absolute atomic E-state index is 0.0670. The second kappa shape index (κ2) is 4.43. The first-order valence-electron chi connectivity index (χ1n) is 5.41. The smallest absolute Gasteiger partial charge is 0.137 e. The van der Waals surface area contributed by atoms with Crippen LogP contribution in [-0.2, 0) is 6.42 Å². The van der Waals surface area contributed by atoms with Crippen LogP contribution in [-0.4, -0.2) is 16.7 Å². The summed E-state index contributed by atoms with van der Waals surface area (Å²) in [5.41, 5.74) is 5.82. The van der Waals surface area contributed by atoms with E-state index in [4.69, 9.17) is 5.73 Å². The van der Waals surface area contributed by atoms with Crippen LogP contribution in [0.1, 0.15) is 24.8 Å². The van der Waals surface area contributed by atoms with E-state index in [1.807, 2.05) is 6.07 Å². The normalized spacial score (nSPS) is 29.6. The number of hydrogen-bond acceptors (Lipinski definition) is 2. The van der Waals surface area contributed by atoms with Gasteiger partial charge in [0.25, 0.3) is 0 Å². The van der Waals surface area contributed by atoms with Crippen molar-refractivity contribution >= 4 is 15.9 Å². The van der Waals surface area contributed by atoms with Gasteiger partial charge in [0.2, 0.25) is 0 Å². The molecule has 0 bridgehead atoms. The van der Waals surface area contributed by atoms with E-state index in [0.29, 0.717) is 23.7 Å². The van der Waals surface area contributed by atoms with Crippen molar-refractivity contribution in [3.63, 3.8) is 0 Å². The fourth-order valence-electron chi connectivity index (χ4n) is 2.35. The van der Waals surface area contributed by atoms with Crippen LogP contribution in [0.2, 0.25) is 0 Å². The summed E-state index contributed by atoms with van der Waals surface area (Å²) < 4.78 is 13.7. The molecule has 2 unspecified atom stereocenters. The van der Waals surface area contributed by atoms with Crippen molar-refractivity contribution in [2.24, 2.45) is 5.73 Å². The number of rotatable bonds is 2. The average molecular weight is 288 g/mol. The van der Waals surface area contributed by atoms with Crippen LogP contribution in [0.4, 0.5) is 4.39 Å². The highest BCUT2D eigenvalue weighted by atomic mass is 79.9. The Morgan fingerprint density at radius 3 is 2.94 bits per heavy atom. The van der Waals surface area contributed by atoms with E-state index in [2.05, 4.69) is 15.9 Å². The van der Waals surface area contributed by atoms with Crippen LogP contribution in [0.5, 0.6) is 0 Å². The third-order valence-corrected chi connectivity index (χ3v) is 4.06. The van der Waals surface area contributed by atoms with Gasteiger partial charge >= 0.3 is 0 Å². The van der Waals surface area contributed by atoms with E-state index in [1.54, 1.807) is 6.07 Å². The zero-order valence-electron chi connectivity index (χ0n) is 8.92. The Morgan fingerprint density at radius 2 is 2.31 bits per heavy atom. The summed E-state index contributed by atoms with van der Waals surface area (Å²) in [5, 5.41) is 10.3. The van der Waals surface area contributed by atoms with Gasteiger partial charge in [0.05, 0.1) is 10.1 Å². The van der Waals surface area contributed by atoms with Gasteiger partial charge in [-0.05, 0) is 46.8 Å². The lowest BCUT2D eigenvalue weighted by Gasteiger charge is -2.23. The molecule has 2 atom stereocenters. The number of hydrogen-bond donors (Lipinski definition) is 2. The van der Waals surface area contributed by atoms with E-state index in [-0.39, 0.29) is 11.9 Å². The van der Waals surface area contributed by atoms with Crippen molar-refractivity contribution in [1.82, 2.24) is 0 Å². The summed E-state index contributed by atoms with van der Waals surface area (Å²) in [5.74, 6) is -0.289. The zero-order chi connectivity index (χ0) is 11.8. The predicted molar refractivity (Wildman–Crippen MR) is 64.6 cm³/mol. The van der Waals surface area contributed by atoms with Crippen LogP contribution in [0.25, 0.3) is 0 Å². The van der Waals surface area contributed by atoms with E-state index >= 15 is 0 Å². The Balaban J connectivity index is 2.18. The first kappa shape index (κ1) is 12.0. The molecule has 1 fully saturated rings. The monoisotopic (exact) mass is 287 g/mol. The summed E-state index contributed by atoms with van der Waals surface area (Å²) in [4.78, 5) is 0. The largest absolute Gasteiger partial charge is 0.389 e. The number of benzene rings is 1. The summed E-state index contributed by atoms with van der Waals surface area (Å²) in [7, 11) is 0. The Kier molecular flexibility index (Phi) is 3.33. The molecule has 2 rings (SSSR count). The van der Waals surface area contributed by atoms with Crippen molar-refractivity contribution in [3.05, 3.63) is 34.1 Å². The van der Waals surface area contributed by atoms with Crippen LogP contribution in [0.15, 0.2) is 22.7 Å². The molecule has 0 aliphatic heterocycles. The number of aliphatic hydroxyl groups is 1. The van der Waals surface area contributed by atoms with Gasteiger partial charge in [-0.2, -0.15) is 0 Å². The summed E-state index contributed by atoms with van der Waals surface area (Å²) in [6.07, 6.45) is 2.58. The van der Waals surface area contributed by atoms with Gasteiger partial charge in [-0.15, -0.1) is 0 Å². The topological polar surface area (TPSA) is 46.2 Å². The van der Waals surface area contributed by atoms with Crippen molar-refractivity contribution in [1.29, 1.82) is 0 Å². The van der Waals surface area contributed by atoms with Crippen molar-refractivity contribution in [2.45, 2.75) is 37.3 Å². The molecule has 1 aromatic carbocycles. The van der Waals surface area contributed by atoms with E-state index < -0.39 is 5.60 Å². The van der Waals surface area contributed by atoms with Gasteiger partial charge in [-0.3, -0.25) is 0 Å². The number of halogens is 2. The van der Waals surface area contributed by atoms with Crippen LogP contribution < -0.4 is 5.73 Å². The first-order valence-corrected chi connectivity index (χ1v) is 6.20. The molecule has 16 heavy (non-hydrogen) atoms. The van der Waals surface area contributed by atoms with Gasteiger partial charge in [-0.25, -0.2) is 4.39 Å². The van der Waals surface area contributed by atoms with E-state index in [0.717, 1.165) is 12.0 Å². The van der Waals surface area contributed by atoms with Crippen molar-refractivity contribution < 1.29 is 9.50 Å². The molecule has 1 aliphatic carbocycles. The lowest BCUT2D eigenvalue weighted by molar-refractivity contribution is 0.0466. The maximum Gasteiger partial charge on any atom is 0.137 e. The van der Waals surface area contributed by atoms with Gasteiger partial charge in [0.15, 0.2) is 0 Å². The standard InChI is InChI=1S/C12H15BrFNO/c13-11-8(2-1-3-10(11)14)6-12(16)5-4-9(15)7-12/h1-3,9,16H,4-7,15H2. The minimum Gasteiger partial charge on any atom is -0.389 e. The SMILES string of the molecule is NC1CCC(O)(Cc2cccc(F)c2Br)C1. The molecule has 1 saturated carbocycles.